The Hall–Kier alpha value is -2.95. The lowest BCUT2D eigenvalue weighted by atomic mass is 10.1. The van der Waals surface area contributed by atoms with Crippen LogP contribution in [0.3, 0.4) is 0 Å². The van der Waals surface area contributed by atoms with Crippen LogP contribution in [0.2, 0.25) is 0 Å². The van der Waals surface area contributed by atoms with Crippen LogP contribution >= 0.6 is 0 Å². The molecule has 5 heteroatoms. The number of hydrogen-bond donors (Lipinski definition) is 0. The molecule has 2 aromatic rings. The number of ether oxygens (including phenoxy) is 1. The fourth-order valence-corrected chi connectivity index (χ4v) is 2.12. The topological polar surface area (TPSA) is 47.9 Å². The van der Waals surface area contributed by atoms with Crippen molar-refractivity contribution in [3.8, 4) is 5.75 Å². The number of carbonyl (C=O) groups is 1. The summed E-state index contributed by atoms with van der Waals surface area (Å²) in [5.74, 6) is -0.125. The molecule has 23 heavy (non-hydrogen) atoms. The van der Waals surface area contributed by atoms with Crippen molar-refractivity contribution in [2.75, 3.05) is 0 Å². The molecular formula is C18H14FNO3. The molecule has 0 fully saturated rings. The number of benzene rings is 2. The van der Waals surface area contributed by atoms with Crippen LogP contribution in [0.1, 0.15) is 18.1 Å². The third-order valence-corrected chi connectivity index (χ3v) is 3.42. The number of oxime groups is 1. The Morgan fingerprint density at radius 2 is 1.91 bits per heavy atom. The molecule has 0 spiro atoms. The van der Waals surface area contributed by atoms with Crippen molar-refractivity contribution in [1.82, 2.24) is 0 Å². The largest absolute Gasteiger partial charge is 0.489 e. The molecule has 0 atom stereocenters. The standard InChI is InChI=1S/C18H14FNO3/c1-12-16(18(21)23-20-12)10-13-6-8-15(9-7-13)22-11-14-4-2-3-5-17(14)19/h2-10H,11H2,1H3/b16-10-. The van der Waals surface area contributed by atoms with E-state index >= 15 is 0 Å². The molecule has 0 amide bonds. The zero-order chi connectivity index (χ0) is 16.2. The van der Waals surface area contributed by atoms with E-state index in [1.165, 1.54) is 6.07 Å². The number of halogens is 1. The minimum Gasteiger partial charge on any atom is -0.489 e. The van der Waals surface area contributed by atoms with E-state index in [2.05, 4.69) is 9.99 Å². The lowest BCUT2D eigenvalue weighted by Gasteiger charge is -2.07. The molecule has 4 nitrogen and oxygen atoms in total. The van der Waals surface area contributed by atoms with Gasteiger partial charge in [-0.25, -0.2) is 9.18 Å². The van der Waals surface area contributed by atoms with Crippen molar-refractivity contribution >= 4 is 17.8 Å². The summed E-state index contributed by atoms with van der Waals surface area (Å²) in [4.78, 5) is 16.1. The van der Waals surface area contributed by atoms with Crippen LogP contribution in [0, 0.1) is 5.82 Å². The van der Waals surface area contributed by atoms with Gasteiger partial charge >= 0.3 is 5.97 Å². The summed E-state index contributed by atoms with van der Waals surface area (Å²) in [6, 6.07) is 13.6. The van der Waals surface area contributed by atoms with Crippen LogP contribution in [-0.4, -0.2) is 11.7 Å². The van der Waals surface area contributed by atoms with Crippen molar-refractivity contribution in [3.05, 3.63) is 71.0 Å². The van der Waals surface area contributed by atoms with Crippen LogP contribution in [0.4, 0.5) is 4.39 Å². The summed E-state index contributed by atoms with van der Waals surface area (Å²) in [6.45, 7) is 1.87. The molecular weight excluding hydrogens is 297 g/mol. The molecule has 0 bridgehead atoms. The fourth-order valence-electron chi connectivity index (χ4n) is 2.12. The lowest BCUT2D eigenvalue weighted by Crippen LogP contribution is -2.01. The minimum atomic E-state index is -0.456. The van der Waals surface area contributed by atoms with Gasteiger partial charge in [0.15, 0.2) is 0 Å². The maximum atomic E-state index is 13.5. The first-order valence-corrected chi connectivity index (χ1v) is 7.08. The monoisotopic (exact) mass is 311 g/mol. The van der Waals surface area contributed by atoms with Gasteiger partial charge in [0.25, 0.3) is 0 Å². The molecule has 0 saturated heterocycles. The van der Waals surface area contributed by atoms with E-state index in [4.69, 9.17) is 4.74 Å². The van der Waals surface area contributed by atoms with Gasteiger partial charge in [0.05, 0.1) is 11.3 Å². The van der Waals surface area contributed by atoms with Crippen LogP contribution in [-0.2, 0) is 16.2 Å². The Labute approximate surface area is 132 Å². The van der Waals surface area contributed by atoms with Crippen LogP contribution < -0.4 is 4.74 Å². The zero-order valence-electron chi connectivity index (χ0n) is 12.5. The second kappa shape index (κ2) is 6.44. The SMILES string of the molecule is CC1=NOC(=O)/C1=C\c1ccc(OCc2ccccc2F)cc1. The van der Waals surface area contributed by atoms with Gasteiger partial charge in [-0.1, -0.05) is 35.5 Å². The summed E-state index contributed by atoms with van der Waals surface area (Å²) in [7, 11) is 0. The van der Waals surface area contributed by atoms with Crippen LogP contribution in [0.5, 0.6) is 5.75 Å². The first-order valence-electron chi connectivity index (χ1n) is 7.08. The maximum Gasteiger partial charge on any atom is 0.367 e. The van der Waals surface area contributed by atoms with E-state index in [-0.39, 0.29) is 12.4 Å². The highest BCUT2D eigenvalue weighted by atomic mass is 19.1. The van der Waals surface area contributed by atoms with Gasteiger partial charge < -0.3 is 9.57 Å². The molecule has 2 aromatic carbocycles. The summed E-state index contributed by atoms with van der Waals surface area (Å²) < 4.78 is 19.1. The molecule has 0 radical (unpaired) electrons. The van der Waals surface area contributed by atoms with E-state index in [1.54, 1.807) is 43.3 Å². The highest BCUT2D eigenvalue weighted by Crippen LogP contribution is 2.19. The third kappa shape index (κ3) is 3.45. The second-order valence-corrected chi connectivity index (χ2v) is 5.06. The quantitative estimate of drug-likeness (QED) is 0.638. The molecule has 3 rings (SSSR count). The van der Waals surface area contributed by atoms with Gasteiger partial charge in [-0.05, 0) is 36.8 Å². The second-order valence-electron chi connectivity index (χ2n) is 5.06. The third-order valence-electron chi connectivity index (χ3n) is 3.42. The van der Waals surface area contributed by atoms with Crippen molar-refractivity contribution in [3.63, 3.8) is 0 Å². The van der Waals surface area contributed by atoms with Crippen LogP contribution in [0.25, 0.3) is 6.08 Å². The molecule has 0 N–H and O–H groups in total. The summed E-state index contributed by atoms with van der Waals surface area (Å²) in [5, 5.41) is 3.62. The van der Waals surface area contributed by atoms with Gasteiger partial charge in [0.2, 0.25) is 0 Å². The van der Waals surface area contributed by atoms with Crippen LogP contribution in [0.15, 0.2) is 59.3 Å². The van der Waals surface area contributed by atoms with Gasteiger partial charge in [0, 0.05) is 5.56 Å². The predicted molar refractivity (Wildman–Crippen MR) is 84.4 cm³/mol. The number of carbonyl (C=O) groups excluding carboxylic acids is 1. The van der Waals surface area contributed by atoms with Gasteiger partial charge in [-0.15, -0.1) is 0 Å². The zero-order valence-corrected chi connectivity index (χ0v) is 12.5. The molecule has 116 valence electrons. The molecule has 1 aliphatic heterocycles. The number of hydrogen-bond acceptors (Lipinski definition) is 4. The highest BCUT2D eigenvalue weighted by molar-refractivity contribution is 6.24. The Kier molecular flexibility index (Phi) is 4.19. The lowest BCUT2D eigenvalue weighted by molar-refractivity contribution is -0.136. The predicted octanol–water partition coefficient (Wildman–Crippen LogP) is 3.72. The normalized spacial score (nSPS) is 15.5. The molecule has 0 aromatic heterocycles. The molecule has 0 unspecified atom stereocenters. The number of nitrogens with zero attached hydrogens (tertiary/aromatic N) is 1. The first kappa shape index (κ1) is 15.0. The average molecular weight is 311 g/mol. The van der Waals surface area contributed by atoms with E-state index in [0.717, 1.165) is 5.56 Å². The molecule has 1 aliphatic rings. The Morgan fingerprint density at radius 1 is 1.17 bits per heavy atom. The Bertz CT molecular complexity index is 794. The van der Waals surface area contributed by atoms with Crippen molar-refractivity contribution in [2.45, 2.75) is 13.5 Å². The summed E-state index contributed by atoms with van der Waals surface area (Å²) >= 11 is 0. The van der Waals surface area contributed by atoms with E-state index in [1.807, 2.05) is 12.1 Å². The van der Waals surface area contributed by atoms with E-state index < -0.39 is 5.97 Å². The Balaban J connectivity index is 1.68. The van der Waals surface area contributed by atoms with Crippen molar-refractivity contribution < 1.29 is 18.8 Å². The minimum absolute atomic E-state index is 0.158. The molecule has 0 saturated carbocycles. The van der Waals surface area contributed by atoms with E-state index in [9.17, 15) is 9.18 Å². The smallest absolute Gasteiger partial charge is 0.367 e. The first-order chi connectivity index (χ1) is 11.1. The van der Waals surface area contributed by atoms with Crippen molar-refractivity contribution in [1.29, 1.82) is 0 Å². The summed E-state index contributed by atoms with van der Waals surface area (Å²) in [6.07, 6.45) is 1.70. The van der Waals surface area contributed by atoms with E-state index in [0.29, 0.717) is 22.6 Å². The summed E-state index contributed by atoms with van der Waals surface area (Å²) in [5.41, 5.74) is 2.31. The van der Waals surface area contributed by atoms with Gasteiger partial charge in [-0.2, -0.15) is 0 Å². The number of rotatable bonds is 4. The molecule has 0 aliphatic carbocycles. The Morgan fingerprint density at radius 3 is 2.57 bits per heavy atom. The maximum absolute atomic E-state index is 13.5. The average Bonchev–Trinajstić information content (AvgIpc) is 2.87. The fraction of sp³-hybridized carbons (Fsp3) is 0.111. The van der Waals surface area contributed by atoms with Gasteiger partial charge in [0.1, 0.15) is 18.2 Å². The van der Waals surface area contributed by atoms with Gasteiger partial charge in [-0.3, -0.25) is 0 Å². The highest BCUT2D eigenvalue weighted by Gasteiger charge is 2.21. The van der Waals surface area contributed by atoms with Crippen molar-refractivity contribution in [2.24, 2.45) is 5.16 Å². The molecule has 1 heterocycles.